The van der Waals surface area contributed by atoms with Crippen LogP contribution in [0, 0.1) is 0 Å². The van der Waals surface area contributed by atoms with Gasteiger partial charge in [0.25, 0.3) is 0 Å². The van der Waals surface area contributed by atoms with E-state index in [1.807, 2.05) is 30.3 Å². The third-order valence-corrected chi connectivity index (χ3v) is 3.16. The van der Waals surface area contributed by atoms with Gasteiger partial charge in [0, 0.05) is 0 Å². The molecule has 0 atom stereocenters. The number of rotatable bonds is 6. The molecular weight excluding hydrogens is 324 g/mol. The molecule has 0 heterocycles. The summed E-state index contributed by atoms with van der Waals surface area (Å²) in [6.45, 7) is 0. The molecule has 0 bridgehead atoms. The van der Waals surface area contributed by atoms with Crippen molar-refractivity contribution in [1.82, 2.24) is 5.43 Å². The maximum absolute atomic E-state index is 11.8. The van der Waals surface area contributed by atoms with E-state index in [0.29, 0.717) is 11.3 Å². The topological polar surface area (TPSA) is 86.2 Å². The molecule has 0 spiro atoms. The fraction of sp³-hybridized carbons (Fsp3) is 0.167. The van der Waals surface area contributed by atoms with Crippen LogP contribution in [0.1, 0.15) is 11.1 Å². The molecule has 0 saturated carbocycles. The number of benzene rings is 2. The van der Waals surface area contributed by atoms with Gasteiger partial charge >= 0.3 is 6.16 Å². The Kier molecular flexibility index (Phi) is 6.53. The number of hydrogen-bond acceptors (Lipinski definition) is 6. The summed E-state index contributed by atoms with van der Waals surface area (Å²) < 4.78 is 14.5. The Morgan fingerprint density at radius 1 is 1.08 bits per heavy atom. The fourth-order valence-electron chi connectivity index (χ4n) is 1.98. The predicted octanol–water partition coefficient (Wildman–Crippen LogP) is 2.53. The lowest BCUT2D eigenvalue weighted by atomic mass is 10.1. The van der Waals surface area contributed by atoms with Crippen LogP contribution in [0.5, 0.6) is 11.5 Å². The summed E-state index contributed by atoms with van der Waals surface area (Å²) in [7, 11) is 2.66. The monoisotopic (exact) mass is 342 g/mol. The second-order valence-corrected chi connectivity index (χ2v) is 4.92. The molecule has 0 saturated heterocycles. The summed E-state index contributed by atoms with van der Waals surface area (Å²) in [5.41, 5.74) is 4.02. The van der Waals surface area contributed by atoms with E-state index in [4.69, 9.17) is 9.47 Å². The van der Waals surface area contributed by atoms with E-state index in [2.05, 4.69) is 15.3 Å². The number of nitrogens with one attached hydrogen (secondary N) is 1. The second kappa shape index (κ2) is 9.07. The zero-order valence-corrected chi connectivity index (χ0v) is 13.9. The van der Waals surface area contributed by atoms with Gasteiger partial charge in [-0.1, -0.05) is 30.3 Å². The minimum atomic E-state index is -0.840. The van der Waals surface area contributed by atoms with Crippen molar-refractivity contribution < 1.29 is 23.8 Å². The Bertz CT molecular complexity index is 759. The molecule has 130 valence electrons. The highest BCUT2D eigenvalue weighted by Gasteiger charge is 2.10. The molecule has 2 rings (SSSR count). The van der Waals surface area contributed by atoms with Gasteiger partial charge in [-0.2, -0.15) is 5.10 Å². The van der Waals surface area contributed by atoms with Crippen LogP contribution < -0.4 is 14.9 Å². The quantitative estimate of drug-likeness (QED) is 0.377. The molecule has 1 amide bonds. The number of hydrogen-bond donors (Lipinski definition) is 1. The van der Waals surface area contributed by atoms with Gasteiger partial charge in [0.1, 0.15) is 0 Å². The van der Waals surface area contributed by atoms with Crippen molar-refractivity contribution in [2.75, 3.05) is 14.2 Å². The highest BCUT2D eigenvalue weighted by atomic mass is 16.7. The molecule has 0 aliphatic rings. The van der Waals surface area contributed by atoms with Crippen molar-refractivity contribution in [2.24, 2.45) is 5.10 Å². The van der Waals surface area contributed by atoms with Crippen molar-refractivity contribution in [1.29, 1.82) is 0 Å². The van der Waals surface area contributed by atoms with Crippen LogP contribution >= 0.6 is 0 Å². The smallest absolute Gasteiger partial charge is 0.493 e. The van der Waals surface area contributed by atoms with E-state index < -0.39 is 6.16 Å². The highest BCUT2D eigenvalue weighted by molar-refractivity contribution is 5.84. The molecule has 1 N–H and O–H groups in total. The molecule has 0 aliphatic carbocycles. The molecule has 7 heteroatoms. The summed E-state index contributed by atoms with van der Waals surface area (Å²) in [6.07, 6.45) is 0.869. The van der Waals surface area contributed by atoms with Crippen LogP contribution in [0.25, 0.3) is 0 Å². The lowest BCUT2D eigenvalue weighted by Gasteiger charge is -2.08. The van der Waals surface area contributed by atoms with Crippen LogP contribution in [0.3, 0.4) is 0 Å². The van der Waals surface area contributed by atoms with Gasteiger partial charge in [0.2, 0.25) is 5.91 Å². The number of hydrazone groups is 1. The van der Waals surface area contributed by atoms with E-state index in [1.165, 1.54) is 20.4 Å². The molecule has 0 radical (unpaired) electrons. The Balaban J connectivity index is 1.96. The summed E-state index contributed by atoms with van der Waals surface area (Å²) in [6, 6.07) is 14.2. The summed E-state index contributed by atoms with van der Waals surface area (Å²) in [5, 5.41) is 3.91. The van der Waals surface area contributed by atoms with Gasteiger partial charge in [0.05, 0.1) is 26.9 Å². The van der Waals surface area contributed by atoms with Gasteiger partial charge in [0.15, 0.2) is 11.5 Å². The van der Waals surface area contributed by atoms with Gasteiger partial charge in [-0.15, -0.1) is 0 Å². The molecule has 0 unspecified atom stereocenters. The van der Waals surface area contributed by atoms with Crippen LogP contribution in [-0.4, -0.2) is 32.5 Å². The molecular formula is C18H18N2O5. The van der Waals surface area contributed by atoms with E-state index in [-0.39, 0.29) is 18.1 Å². The third-order valence-electron chi connectivity index (χ3n) is 3.16. The molecule has 25 heavy (non-hydrogen) atoms. The van der Waals surface area contributed by atoms with Crippen molar-refractivity contribution >= 4 is 18.3 Å². The van der Waals surface area contributed by atoms with E-state index in [9.17, 15) is 9.59 Å². The summed E-state index contributed by atoms with van der Waals surface area (Å²) >= 11 is 0. The number of carbonyl (C=O) groups excluding carboxylic acids is 2. The standard InChI is InChI=1S/C18H18N2O5/c1-23-16-10-14(8-9-15(16)25-18(22)24-2)12-19-20-17(21)11-13-6-4-3-5-7-13/h3-10,12H,11H2,1-2H3,(H,20,21)/b19-12-. The second-order valence-electron chi connectivity index (χ2n) is 4.92. The Morgan fingerprint density at radius 3 is 2.52 bits per heavy atom. The lowest BCUT2D eigenvalue weighted by molar-refractivity contribution is -0.120. The lowest BCUT2D eigenvalue weighted by Crippen LogP contribution is -2.19. The Labute approximate surface area is 145 Å². The average molecular weight is 342 g/mol. The average Bonchev–Trinajstić information content (AvgIpc) is 2.63. The first-order valence-corrected chi connectivity index (χ1v) is 7.42. The van der Waals surface area contributed by atoms with Gasteiger partial charge in [-0.3, -0.25) is 4.79 Å². The first kappa shape index (κ1) is 18.0. The number of amides is 1. The Morgan fingerprint density at radius 2 is 1.84 bits per heavy atom. The molecule has 0 aliphatic heterocycles. The first-order valence-electron chi connectivity index (χ1n) is 7.42. The van der Waals surface area contributed by atoms with Crippen molar-refractivity contribution in [3.63, 3.8) is 0 Å². The largest absolute Gasteiger partial charge is 0.513 e. The van der Waals surface area contributed by atoms with E-state index >= 15 is 0 Å². The van der Waals surface area contributed by atoms with Crippen LogP contribution in [-0.2, 0) is 16.0 Å². The predicted molar refractivity (Wildman–Crippen MR) is 91.9 cm³/mol. The maximum Gasteiger partial charge on any atom is 0.513 e. The number of ether oxygens (including phenoxy) is 3. The zero-order valence-electron chi connectivity index (χ0n) is 13.9. The molecule has 2 aromatic rings. The van der Waals surface area contributed by atoms with Crippen molar-refractivity contribution in [2.45, 2.75) is 6.42 Å². The van der Waals surface area contributed by atoms with Crippen molar-refractivity contribution in [3.05, 3.63) is 59.7 Å². The minimum Gasteiger partial charge on any atom is -0.493 e. The van der Waals surface area contributed by atoms with Crippen LogP contribution in [0.4, 0.5) is 4.79 Å². The summed E-state index contributed by atoms with van der Waals surface area (Å²) in [5.74, 6) is 0.338. The van der Waals surface area contributed by atoms with Crippen molar-refractivity contribution in [3.8, 4) is 11.5 Å². The van der Waals surface area contributed by atoms with Gasteiger partial charge in [-0.25, -0.2) is 10.2 Å². The Hall–Kier alpha value is -3.35. The minimum absolute atomic E-state index is 0.222. The number of carbonyl (C=O) groups is 2. The molecule has 0 fully saturated rings. The highest BCUT2D eigenvalue weighted by Crippen LogP contribution is 2.27. The number of methoxy groups -OCH3 is 2. The SMILES string of the molecule is COC(=O)Oc1ccc(/C=N\NC(=O)Cc2ccccc2)cc1OC. The zero-order chi connectivity index (χ0) is 18.1. The first-order chi connectivity index (χ1) is 12.1. The van der Waals surface area contributed by atoms with E-state index in [0.717, 1.165) is 5.56 Å². The van der Waals surface area contributed by atoms with E-state index in [1.54, 1.807) is 18.2 Å². The molecule has 0 aromatic heterocycles. The molecule has 7 nitrogen and oxygen atoms in total. The van der Waals surface area contributed by atoms with Gasteiger partial charge in [-0.05, 0) is 29.3 Å². The summed E-state index contributed by atoms with van der Waals surface area (Å²) in [4.78, 5) is 23.0. The van der Waals surface area contributed by atoms with Crippen LogP contribution in [0.2, 0.25) is 0 Å². The maximum atomic E-state index is 11.8. The van der Waals surface area contributed by atoms with Gasteiger partial charge < -0.3 is 14.2 Å². The number of nitrogens with zero attached hydrogens (tertiary/aromatic N) is 1. The normalized spacial score (nSPS) is 10.3. The fourth-order valence-corrected chi connectivity index (χ4v) is 1.98. The third kappa shape index (κ3) is 5.65. The van der Waals surface area contributed by atoms with Crippen LogP contribution in [0.15, 0.2) is 53.6 Å². The molecule has 2 aromatic carbocycles.